The normalized spacial score (nSPS) is 16.3. The molecule has 1 saturated heterocycles. The first-order chi connectivity index (χ1) is 22.4. The maximum absolute atomic E-state index is 14.5. The molecule has 0 unspecified atom stereocenters. The zero-order valence-electron chi connectivity index (χ0n) is 28.9. The van der Waals surface area contributed by atoms with E-state index in [1.165, 1.54) is 9.80 Å². The quantitative estimate of drug-likeness (QED) is 0.235. The van der Waals surface area contributed by atoms with Crippen molar-refractivity contribution in [1.82, 2.24) is 20.0 Å². The third-order valence-corrected chi connectivity index (χ3v) is 8.62. The van der Waals surface area contributed by atoms with Crippen molar-refractivity contribution in [3.05, 3.63) is 65.7 Å². The smallest absolute Gasteiger partial charge is 0.255 e. The molecule has 0 radical (unpaired) electrons. The van der Waals surface area contributed by atoms with Gasteiger partial charge in [0.15, 0.2) is 0 Å². The number of nitrogens with zero attached hydrogens (tertiary/aromatic N) is 3. The molecule has 1 aliphatic heterocycles. The first-order valence-corrected chi connectivity index (χ1v) is 16.9. The molecule has 0 spiro atoms. The van der Waals surface area contributed by atoms with Crippen LogP contribution in [0.4, 0.5) is 4.39 Å². The highest BCUT2D eigenvalue weighted by atomic mass is 19.1. The number of para-hydroxylation sites is 1. The number of amides is 4. The van der Waals surface area contributed by atoms with Gasteiger partial charge in [-0.25, -0.2) is 4.39 Å². The lowest BCUT2D eigenvalue weighted by atomic mass is 10.0. The molecule has 1 heterocycles. The number of rotatable bonds is 17. The molecule has 4 amide bonds. The summed E-state index contributed by atoms with van der Waals surface area (Å²) in [6, 6.07) is 13.8. The third kappa shape index (κ3) is 10.8. The summed E-state index contributed by atoms with van der Waals surface area (Å²) < 4.78 is 20.2. The van der Waals surface area contributed by atoms with Crippen LogP contribution in [-0.4, -0.2) is 96.9 Å². The van der Waals surface area contributed by atoms with Gasteiger partial charge >= 0.3 is 0 Å². The second-order valence-electron chi connectivity index (χ2n) is 13.1. The Morgan fingerprint density at radius 1 is 1.00 bits per heavy atom. The van der Waals surface area contributed by atoms with E-state index in [2.05, 4.69) is 12.2 Å². The van der Waals surface area contributed by atoms with Crippen molar-refractivity contribution >= 4 is 23.6 Å². The number of likely N-dealkylation sites (N-methyl/N-ethyl adjacent to an activating group) is 2. The zero-order chi connectivity index (χ0) is 34.5. The number of halogens is 1. The van der Waals surface area contributed by atoms with Gasteiger partial charge in [-0.05, 0) is 49.3 Å². The van der Waals surface area contributed by atoms with Gasteiger partial charge < -0.3 is 24.8 Å². The zero-order valence-corrected chi connectivity index (χ0v) is 28.9. The number of carbonyl (C=O) groups excluding carboxylic acids is 4. The molecule has 2 aromatic rings. The Balaban J connectivity index is 1.77. The van der Waals surface area contributed by atoms with Gasteiger partial charge in [0.1, 0.15) is 36.7 Å². The minimum absolute atomic E-state index is 0.0681. The van der Waals surface area contributed by atoms with Crippen LogP contribution in [0.25, 0.3) is 0 Å². The fourth-order valence-electron chi connectivity index (χ4n) is 5.99. The van der Waals surface area contributed by atoms with Crippen molar-refractivity contribution < 1.29 is 28.3 Å². The Morgan fingerprint density at radius 2 is 1.68 bits per heavy atom. The number of nitrogens with one attached hydrogen (secondary N) is 1. The van der Waals surface area contributed by atoms with E-state index in [0.717, 1.165) is 24.8 Å². The van der Waals surface area contributed by atoms with Crippen molar-refractivity contribution in [3.8, 4) is 5.75 Å². The molecule has 47 heavy (non-hydrogen) atoms. The third-order valence-electron chi connectivity index (χ3n) is 8.62. The van der Waals surface area contributed by atoms with E-state index in [9.17, 15) is 23.6 Å². The Bertz CT molecular complexity index is 1320. The molecule has 10 heteroatoms. The molecule has 0 aliphatic carbocycles. The van der Waals surface area contributed by atoms with Crippen LogP contribution in [-0.2, 0) is 20.8 Å². The highest BCUT2D eigenvalue weighted by Crippen LogP contribution is 2.25. The minimum Gasteiger partial charge on any atom is -0.490 e. The summed E-state index contributed by atoms with van der Waals surface area (Å²) in [5.41, 5.74) is 1.14. The van der Waals surface area contributed by atoms with Gasteiger partial charge in [-0.1, -0.05) is 82.5 Å². The van der Waals surface area contributed by atoms with E-state index in [-0.39, 0.29) is 41.6 Å². The van der Waals surface area contributed by atoms with Crippen molar-refractivity contribution in [3.63, 3.8) is 0 Å². The number of unbranched alkanes of at least 4 members (excludes halogenated alkanes) is 2. The molecule has 1 aliphatic rings. The number of benzene rings is 2. The Hall–Kier alpha value is -3.95. The number of hydrogen-bond acceptors (Lipinski definition) is 5. The molecule has 0 saturated carbocycles. The van der Waals surface area contributed by atoms with Crippen LogP contribution in [0.1, 0.15) is 81.6 Å². The average Bonchev–Trinajstić information content (AvgIpc) is 3.55. The highest BCUT2D eigenvalue weighted by Gasteiger charge is 2.41. The molecule has 4 atom stereocenters. The molecule has 1 fully saturated rings. The summed E-state index contributed by atoms with van der Waals surface area (Å²) in [7, 11) is 4.94. The van der Waals surface area contributed by atoms with Gasteiger partial charge in [-0.2, -0.15) is 0 Å². The molecule has 2 aromatic carbocycles. The molecular weight excluding hydrogens is 599 g/mol. The van der Waals surface area contributed by atoms with E-state index in [1.54, 1.807) is 50.3 Å². The lowest BCUT2D eigenvalue weighted by Crippen LogP contribution is -2.57. The summed E-state index contributed by atoms with van der Waals surface area (Å²) in [6.07, 6.45) is 3.78. The average molecular weight is 653 g/mol. The predicted molar refractivity (Wildman–Crippen MR) is 182 cm³/mol. The first-order valence-electron chi connectivity index (χ1n) is 16.9. The van der Waals surface area contributed by atoms with Gasteiger partial charge in [-0.15, -0.1) is 0 Å². The minimum atomic E-state index is -1.14. The lowest BCUT2D eigenvalue weighted by Gasteiger charge is -2.35. The lowest BCUT2D eigenvalue weighted by molar-refractivity contribution is -0.149. The summed E-state index contributed by atoms with van der Waals surface area (Å²) in [4.78, 5) is 59.4. The maximum atomic E-state index is 14.5. The molecule has 258 valence electrons. The molecule has 3 rings (SSSR count). The van der Waals surface area contributed by atoms with Gasteiger partial charge in [0.25, 0.3) is 5.91 Å². The predicted octanol–water partition coefficient (Wildman–Crippen LogP) is 5.28. The molecule has 0 bridgehead atoms. The molecule has 9 nitrogen and oxygen atoms in total. The summed E-state index contributed by atoms with van der Waals surface area (Å²) in [5, 5.41) is 2.90. The van der Waals surface area contributed by atoms with Crippen LogP contribution >= 0.6 is 0 Å². The molecular formula is C37H53FN4O5. The fraction of sp³-hybridized carbons (Fsp3) is 0.568. The topological polar surface area (TPSA) is 99.3 Å². The van der Waals surface area contributed by atoms with Crippen molar-refractivity contribution in [2.45, 2.75) is 96.4 Å². The van der Waals surface area contributed by atoms with Crippen LogP contribution in [0.15, 0.2) is 54.6 Å². The number of likely N-dealkylation sites (tertiary alicyclic amines) is 1. The number of carbonyl (C=O) groups is 4. The maximum Gasteiger partial charge on any atom is 0.255 e. The second-order valence-corrected chi connectivity index (χ2v) is 13.1. The van der Waals surface area contributed by atoms with Crippen LogP contribution in [0.5, 0.6) is 5.75 Å². The Labute approximate surface area is 279 Å². The number of alkyl halides is 1. The van der Waals surface area contributed by atoms with Gasteiger partial charge in [0.05, 0.1) is 5.56 Å². The summed E-state index contributed by atoms with van der Waals surface area (Å²) in [6.45, 7) is 6.20. The van der Waals surface area contributed by atoms with E-state index in [1.807, 2.05) is 44.2 Å². The number of ether oxygens (including phenoxy) is 1. The highest BCUT2D eigenvalue weighted by molar-refractivity contribution is 6.00. The van der Waals surface area contributed by atoms with Crippen LogP contribution in [0.3, 0.4) is 0 Å². The van der Waals surface area contributed by atoms with Crippen LogP contribution in [0, 0.1) is 5.92 Å². The van der Waals surface area contributed by atoms with Crippen LogP contribution < -0.4 is 10.1 Å². The van der Waals surface area contributed by atoms with Gasteiger partial charge in [0.2, 0.25) is 17.7 Å². The van der Waals surface area contributed by atoms with E-state index in [4.69, 9.17) is 4.74 Å². The first kappa shape index (κ1) is 37.5. The summed E-state index contributed by atoms with van der Waals surface area (Å²) in [5.74, 6) is -1.03. The Kier molecular flexibility index (Phi) is 14.7. The van der Waals surface area contributed by atoms with Crippen LogP contribution in [0.2, 0.25) is 0 Å². The van der Waals surface area contributed by atoms with E-state index >= 15 is 0 Å². The number of hydrogen-bond donors (Lipinski definition) is 1. The van der Waals surface area contributed by atoms with E-state index in [0.29, 0.717) is 38.6 Å². The fourth-order valence-corrected chi connectivity index (χ4v) is 5.99. The van der Waals surface area contributed by atoms with Gasteiger partial charge in [-0.3, -0.25) is 19.2 Å². The largest absolute Gasteiger partial charge is 0.490 e. The SMILES string of the molecule is CCCCC[C@@H](F)COc1ccccc1C(=O)N[C@H](CC(C)C)C(=O)N1CCC[C@@H]1C(=O)N(C)[C@@H](Cc1ccccc1)C(=O)N(C)C. The van der Waals surface area contributed by atoms with Crippen molar-refractivity contribution in [1.29, 1.82) is 0 Å². The Morgan fingerprint density at radius 3 is 2.34 bits per heavy atom. The molecule has 0 aromatic heterocycles. The monoisotopic (exact) mass is 652 g/mol. The summed E-state index contributed by atoms with van der Waals surface area (Å²) >= 11 is 0. The van der Waals surface area contributed by atoms with Gasteiger partial charge in [0, 0.05) is 34.1 Å². The van der Waals surface area contributed by atoms with Crippen molar-refractivity contribution in [2.75, 3.05) is 34.3 Å². The second kappa shape index (κ2) is 18.4. The van der Waals surface area contributed by atoms with E-state index < -0.39 is 30.2 Å². The molecule has 1 N–H and O–H groups in total. The standard InChI is InChI=1S/C37H53FN4O5/c1-7-8-10-18-28(38)25-47-33-21-14-13-19-29(33)34(43)39-30(23-26(2)3)35(44)42-22-15-20-31(42)37(46)41(6)32(36(45)40(4)5)24-27-16-11-9-12-17-27/h9,11-14,16-17,19,21,26,28,30-32H,7-8,10,15,18,20,22-25H2,1-6H3,(H,39,43)/t28-,30-,31-,32+/m1/s1. The van der Waals surface area contributed by atoms with Crippen molar-refractivity contribution in [2.24, 2.45) is 5.92 Å².